The topological polar surface area (TPSA) is 94.0 Å². The van der Waals surface area contributed by atoms with Crippen molar-refractivity contribution < 1.29 is 9.84 Å². The van der Waals surface area contributed by atoms with Gasteiger partial charge in [0.05, 0.1) is 11.2 Å². The van der Waals surface area contributed by atoms with E-state index in [0.717, 1.165) is 58.5 Å². The van der Waals surface area contributed by atoms with Crippen molar-refractivity contribution in [2.24, 2.45) is 0 Å². The Hall–Kier alpha value is -3.66. The molecule has 1 fully saturated rings. The van der Waals surface area contributed by atoms with Crippen LogP contribution in [0.3, 0.4) is 0 Å². The van der Waals surface area contributed by atoms with Crippen molar-refractivity contribution in [3.63, 3.8) is 0 Å². The molecule has 3 N–H and O–H groups in total. The molecular weight excluding hydrogens is 412 g/mol. The first-order chi connectivity index (χ1) is 15.9. The fourth-order valence-corrected chi connectivity index (χ4v) is 4.29. The number of nitriles is 1. The Balaban J connectivity index is 1.50. The first-order valence-corrected chi connectivity index (χ1v) is 11.2. The number of aliphatic hydroxyl groups is 1. The molecule has 1 aliphatic rings. The Morgan fingerprint density at radius 2 is 1.88 bits per heavy atom. The van der Waals surface area contributed by atoms with Gasteiger partial charge in [0.2, 0.25) is 0 Å². The van der Waals surface area contributed by atoms with Gasteiger partial charge in [0.15, 0.2) is 0 Å². The number of benzene rings is 2. The molecule has 0 amide bonds. The van der Waals surface area contributed by atoms with Crippen LogP contribution in [0.15, 0.2) is 60.8 Å². The number of hydrogen-bond acceptors (Lipinski definition) is 5. The van der Waals surface area contributed by atoms with Gasteiger partial charge in [-0.3, -0.25) is 0 Å². The lowest BCUT2D eigenvalue weighted by atomic mass is 9.96. The molecule has 0 radical (unpaired) electrons. The fraction of sp³-hybridized carbons (Fsp3) is 0.259. The zero-order valence-corrected chi connectivity index (χ0v) is 18.7. The Kier molecular flexibility index (Phi) is 5.37. The number of fused-ring (bicyclic) bond motifs is 1. The summed E-state index contributed by atoms with van der Waals surface area (Å²) >= 11 is 0. The molecule has 0 aliphatic carbocycles. The van der Waals surface area contributed by atoms with Crippen LogP contribution in [-0.2, 0) is 5.60 Å². The molecule has 33 heavy (non-hydrogen) atoms. The summed E-state index contributed by atoms with van der Waals surface area (Å²) in [6.07, 6.45) is 2.82. The number of nitrogens with one attached hydrogen (secondary N) is 2. The minimum Gasteiger partial charge on any atom is -0.488 e. The molecule has 4 aromatic rings. The maximum atomic E-state index is 10.2. The van der Waals surface area contributed by atoms with Gasteiger partial charge in [-0.2, -0.15) is 5.26 Å². The second kappa shape index (κ2) is 8.36. The molecule has 0 saturated carbocycles. The molecular formula is C27H26N4O2. The van der Waals surface area contributed by atoms with Crippen molar-refractivity contribution in [3.8, 4) is 34.2 Å². The summed E-state index contributed by atoms with van der Waals surface area (Å²) < 4.78 is 6.05. The van der Waals surface area contributed by atoms with Crippen LogP contribution in [0, 0.1) is 11.3 Å². The molecule has 0 spiro atoms. The summed E-state index contributed by atoms with van der Waals surface area (Å²) in [7, 11) is 0. The van der Waals surface area contributed by atoms with Crippen LogP contribution < -0.4 is 10.1 Å². The van der Waals surface area contributed by atoms with E-state index in [-0.39, 0.29) is 6.10 Å². The minimum absolute atomic E-state index is 0.102. The molecule has 1 aliphatic heterocycles. The summed E-state index contributed by atoms with van der Waals surface area (Å²) in [5.41, 5.74) is 5.20. The second-order valence-corrected chi connectivity index (χ2v) is 9.00. The third-order valence-electron chi connectivity index (χ3n) is 6.15. The van der Waals surface area contributed by atoms with Gasteiger partial charge in [-0.1, -0.05) is 30.3 Å². The van der Waals surface area contributed by atoms with E-state index in [1.165, 1.54) is 0 Å². The Morgan fingerprint density at radius 1 is 1.09 bits per heavy atom. The Labute approximate surface area is 192 Å². The van der Waals surface area contributed by atoms with E-state index in [1.807, 2.05) is 48.5 Å². The van der Waals surface area contributed by atoms with E-state index in [4.69, 9.17) is 4.74 Å². The van der Waals surface area contributed by atoms with Gasteiger partial charge in [-0.05, 0) is 73.3 Å². The van der Waals surface area contributed by atoms with Crippen LogP contribution in [0.2, 0.25) is 0 Å². The number of pyridine rings is 1. The van der Waals surface area contributed by atoms with Crippen LogP contribution in [0.25, 0.3) is 33.4 Å². The number of hydrogen-bond donors (Lipinski definition) is 3. The average Bonchev–Trinajstić information content (AvgIpc) is 3.48. The summed E-state index contributed by atoms with van der Waals surface area (Å²) in [6.45, 7) is 5.30. The minimum atomic E-state index is -0.879. The number of aromatic amines is 1. The highest BCUT2D eigenvalue weighted by atomic mass is 16.5. The van der Waals surface area contributed by atoms with Crippen LogP contribution in [0.5, 0.6) is 5.75 Å². The molecule has 2 aromatic heterocycles. The van der Waals surface area contributed by atoms with E-state index in [1.54, 1.807) is 20.0 Å². The van der Waals surface area contributed by atoms with Crippen LogP contribution in [0.4, 0.5) is 0 Å². The number of rotatable bonds is 5. The smallest absolute Gasteiger partial charge is 0.138 e. The SMILES string of the molecule is CC(C)(O)c1ccc(-c2cc3c(-c4ccc(OC5CCNC5)c(C#N)c4)ccnc3[nH]2)cc1. The van der Waals surface area contributed by atoms with E-state index in [0.29, 0.717) is 11.3 Å². The molecule has 6 heteroatoms. The predicted molar refractivity (Wildman–Crippen MR) is 129 cm³/mol. The van der Waals surface area contributed by atoms with E-state index < -0.39 is 5.60 Å². The lowest BCUT2D eigenvalue weighted by molar-refractivity contribution is 0.0786. The fourth-order valence-electron chi connectivity index (χ4n) is 4.29. The summed E-state index contributed by atoms with van der Waals surface area (Å²) in [5, 5.41) is 24.2. The lowest BCUT2D eigenvalue weighted by Gasteiger charge is -2.17. The third kappa shape index (κ3) is 4.21. The maximum Gasteiger partial charge on any atom is 0.138 e. The molecule has 1 saturated heterocycles. The standard InChI is InChI=1S/C27H26N4O2/c1-27(2,32)20-6-3-17(4-7-20)24-14-23-22(10-12-30-26(23)31-24)18-5-8-25(19(13-18)15-28)33-21-9-11-29-16-21/h3-8,10,12-14,21,29,32H,9,11,16H2,1-2H3,(H,30,31). The maximum absolute atomic E-state index is 10.2. The normalized spacial score (nSPS) is 16.1. The molecule has 6 nitrogen and oxygen atoms in total. The zero-order valence-electron chi connectivity index (χ0n) is 18.7. The van der Waals surface area contributed by atoms with Gasteiger partial charge in [-0.25, -0.2) is 4.98 Å². The average molecular weight is 439 g/mol. The molecule has 5 rings (SSSR count). The highest BCUT2D eigenvalue weighted by Gasteiger charge is 2.19. The van der Waals surface area contributed by atoms with Crippen LogP contribution in [0.1, 0.15) is 31.4 Å². The Morgan fingerprint density at radius 3 is 2.58 bits per heavy atom. The first kappa shape index (κ1) is 21.2. The Bertz CT molecular complexity index is 1340. The molecule has 1 atom stereocenters. The van der Waals surface area contributed by atoms with E-state index >= 15 is 0 Å². The summed E-state index contributed by atoms with van der Waals surface area (Å²) in [4.78, 5) is 7.90. The highest BCUT2D eigenvalue weighted by Crippen LogP contribution is 2.34. The zero-order chi connectivity index (χ0) is 23.0. The highest BCUT2D eigenvalue weighted by molar-refractivity contribution is 5.96. The van der Waals surface area contributed by atoms with Crippen LogP contribution >= 0.6 is 0 Å². The van der Waals surface area contributed by atoms with E-state index in [2.05, 4.69) is 27.4 Å². The second-order valence-electron chi connectivity index (χ2n) is 9.00. The van der Waals surface area contributed by atoms with Gasteiger partial charge < -0.3 is 20.1 Å². The van der Waals surface area contributed by atoms with Crippen molar-refractivity contribution in [2.75, 3.05) is 13.1 Å². The van der Waals surface area contributed by atoms with Gasteiger partial charge >= 0.3 is 0 Å². The van der Waals surface area contributed by atoms with Crippen molar-refractivity contribution in [3.05, 3.63) is 71.9 Å². The number of nitrogens with zero attached hydrogens (tertiary/aromatic N) is 2. The van der Waals surface area contributed by atoms with Gasteiger partial charge in [0.25, 0.3) is 0 Å². The van der Waals surface area contributed by atoms with Crippen LogP contribution in [-0.4, -0.2) is 34.3 Å². The number of aromatic nitrogens is 2. The van der Waals surface area contributed by atoms with Crippen molar-refractivity contribution in [2.45, 2.75) is 32.0 Å². The summed E-state index contributed by atoms with van der Waals surface area (Å²) in [6, 6.07) is 20.0. The van der Waals surface area contributed by atoms with E-state index in [9.17, 15) is 10.4 Å². The first-order valence-electron chi connectivity index (χ1n) is 11.2. The molecule has 2 aromatic carbocycles. The lowest BCUT2D eigenvalue weighted by Crippen LogP contribution is -2.20. The predicted octanol–water partition coefficient (Wildman–Crippen LogP) is 4.74. The van der Waals surface area contributed by atoms with Crippen molar-refractivity contribution in [1.29, 1.82) is 5.26 Å². The monoisotopic (exact) mass is 438 g/mol. The molecule has 3 heterocycles. The third-order valence-corrected chi connectivity index (χ3v) is 6.15. The quantitative estimate of drug-likeness (QED) is 0.419. The number of H-pyrrole nitrogens is 1. The molecule has 0 bridgehead atoms. The number of ether oxygens (including phenoxy) is 1. The van der Waals surface area contributed by atoms with Gasteiger partial charge in [0, 0.05) is 23.8 Å². The van der Waals surface area contributed by atoms with Gasteiger partial charge in [0.1, 0.15) is 23.6 Å². The van der Waals surface area contributed by atoms with Crippen molar-refractivity contribution in [1.82, 2.24) is 15.3 Å². The van der Waals surface area contributed by atoms with Crippen molar-refractivity contribution >= 4 is 11.0 Å². The largest absolute Gasteiger partial charge is 0.488 e. The summed E-state index contributed by atoms with van der Waals surface area (Å²) in [5.74, 6) is 0.627. The molecule has 166 valence electrons. The van der Waals surface area contributed by atoms with Gasteiger partial charge in [-0.15, -0.1) is 0 Å². The molecule has 1 unspecified atom stereocenters.